The minimum absolute atomic E-state index is 0.152. The van der Waals surface area contributed by atoms with Crippen LogP contribution in [0.25, 0.3) is 0 Å². The van der Waals surface area contributed by atoms with E-state index in [1.165, 1.54) is 0 Å². The highest BCUT2D eigenvalue weighted by atomic mass is 32.2. The molecule has 0 saturated carbocycles. The van der Waals surface area contributed by atoms with Crippen LogP contribution in [0.2, 0.25) is 0 Å². The van der Waals surface area contributed by atoms with E-state index in [0.717, 1.165) is 22.1 Å². The second kappa shape index (κ2) is 3.94. The molecule has 1 aromatic rings. The molecule has 1 aromatic carbocycles. The van der Waals surface area contributed by atoms with Crippen molar-refractivity contribution in [1.82, 2.24) is 0 Å². The highest BCUT2D eigenvalue weighted by Crippen LogP contribution is 2.35. The first-order valence-electron chi connectivity index (χ1n) is 4.86. The number of rotatable bonds is 3. The Morgan fingerprint density at radius 2 is 2.07 bits per heavy atom. The number of benzene rings is 1. The fourth-order valence-corrected chi connectivity index (χ4v) is 2.13. The lowest BCUT2D eigenvalue weighted by molar-refractivity contribution is 0.174. The smallest absolute Gasteiger partial charge is 0.231 e. The maximum Gasteiger partial charge on any atom is 0.231 e. The molecule has 15 heavy (non-hydrogen) atoms. The summed E-state index contributed by atoms with van der Waals surface area (Å²) in [7, 11) is 0. The molecule has 0 bridgehead atoms. The molecule has 1 aliphatic rings. The molecule has 1 aliphatic heterocycles. The van der Waals surface area contributed by atoms with Gasteiger partial charge in [0.1, 0.15) is 0 Å². The van der Waals surface area contributed by atoms with E-state index < -0.39 is 0 Å². The van der Waals surface area contributed by atoms with Gasteiger partial charge in [-0.2, -0.15) is 0 Å². The molecule has 2 N–H and O–H groups in total. The van der Waals surface area contributed by atoms with Gasteiger partial charge in [-0.25, -0.2) is 0 Å². The van der Waals surface area contributed by atoms with E-state index >= 15 is 0 Å². The predicted octanol–water partition coefficient (Wildman–Crippen LogP) is 2.24. The maximum atomic E-state index is 5.92. The van der Waals surface area contributed by atoms with Crippen molar-refractivity contribution in [3.05, 3.63) is 18.2 Å². The number of nitrogens with two attached hydrogens (primary N) is 1. The third-order valence-corrected chi connectivity index (χ3v) is 3.43. The van der Waals surface area contributed by atoms with E-state index in [1.54, 1.807) is 11.8 Å². The summed E-state index contributed by atoms with van der Waals surface area (Å²) in [5.41, 5.74) is 5.77. The predicted molar refractivity (Wildman–Crippen MR) is 61.6 cm³/mol. The summed E-state index contributed by atoms with van der Waals surface area (Å²) in [6, 6.07) is 5.97. The molecule has 3 nitrogen and oxygen atoms in total. The van der Waals surface area contributed by atoms with Crippen molar-refractivity contribution in [3.63, 3.8) is 0 Å². The van der Waals surface area contributed by atoms with Crippen LogP contribution in [0.3, 0.4) is 0 Å². The fraction of sp³-hybridized carbons (Fsp3) is 0.455. The molecule has 0 aliphatic carbocycles. The van der Waals surface area contributed by atoms with Gasteiger partial charge in [-0.3, -0.25) is 0 Å². The zero-order chi connectivity index (χ0) is 10.9. The van der Waals surface area contributed by atoms with E-state index in [1.807, 2.05) is 32.0 Å². The highest BCUT2D eigenvalue weighted by molar-refractivity contribution is 7.99. The van der Waals surface area contributed by atoms with E-state index in [9.17, 15) is 0 Å². The summed E-state index contributed by atoms with van der Waals surface area (Å²) in [4.78, 5) is 1.16. The summed E-state index contributed by atoms with van der Waals surface area (Å²) in [5, 5.41) is 0. The second-order valence-corrected chi connectivity index (χ2v) is 5.34. The van der Waals surface area contributed by atoms with Crippen molar-refractivity contribution < 1.29 is 9.47 Å². The van der Waals surface area contributed by atoms with Crippen LogP contribution in [0.5, 0.6) is 11.5 Å². The number of hydrogen-bond donors (Lipinski definition) is 1. The fourth-order valence-electron chi connectivity index (χ4n) is 1.24. The number of fused-ring (bicyclic) bond motifs is 1. The Balaban J connectivity index is 2.04. The Labute approximate surface area is 93.9 Å². The standard InChI is InChI=1S/C11H15NO2S/c1-11(2,12)6-15-8-3-4-9-10(5-8)14-7-13-9/h3-5H,6-7,12H2,1-2H3. The summed E-state index contributed by atoms with van der Waals surface area (Å²) in [6.07, 6.45) is 0. The van der Waals surface area contributed by atoms with Gasteiger partial charge in [0.05, 0.1) is 0 Å². The molecular weight excluding hydrogens is 210 g/mol. The first-order valence-corrected chi connectivity index (χ1v) is 5.84. The molecule has 0 amide bonds. The topological polar surface area (TPSA) is 44.5 Å². The van der Waals surface area contributed by atoms with Gasteiger partial charge in [0.25, 0.3) is 0 Å². The van der Waals surface area contributed by atoms with Crippen LogP contribution in [-0.2, 0) is 0 Å². The van der Waals surface area contributed by atoms with E-state index in [2.05, 4.69) is 0 Å². The Morgan fingerprint density at radius 3 is 2.80 bits per heavy atom. The molecule has 0 saturated heterocycles. The molecule has 82 valence electrons. The number of thioether (sulfide) groups is 1. The molecule has 0 fully saturated rings. The van der Waals surface area contributed by atoms with Crippen molar-refractivity contribution in [2.45, 2.75) is 24.3 Å². The quantitative estimate of drug-likeness (QED) is 0.801. The molecule has 0 aromatic heterocycles. The monoisotopic (exact) mass is 225 g/mol. The lowest BCUT2D eigenvalue weighted by Gasteiger charge is -2.17. The van der Waals surface area contributed by atoms with Crippen LogP contribution in [-0.4, -0.2) is 18.1 Å². The van der Waals surface area contributed by atoms with Crippen LogP contribution in [0, 0.1) is 0 Å². The van der Waals surface area contributed by atoms with Crippen molar-refractivity contribution >= 4 is 11.8 Å². The first-order chi connectivity index (χ1) is 7.04. The molecule has 2 rings (SSSR count). The summed E-state index contributed by atoms with van der Waals surface area (Å²) < 4.78 is 10.5. The summed E-state index contributed by atoms with van der Waals surface area (Å²) in [5.74, 6) is 2.54. The van der Waals surface area contributed by atoms with E-state index in [0.29, 0.717) is 6.79 Å². The molecule has 0 spiro atoms. The lowest BCUT2D eigenvalue weighted by atomic mass is 10.1. The Bertz CT molecular complexity index is 360. The lowest BCUT2D eigenvalue weighted by Crippen LogP contribution is -2.34. The van der Waals surface area contributed by atoms with Gasteiger partial charge in [-0.1, -0.05) is 0 Å². The highest BCUT2D eigenvalue weighted by Gasteiger charge is 2.15. The van der Waals surface area contributed by atoms with E-state index in [-0.39, 0.29) is 5.54 Å². The molecule has 0 radical (unpaired) electrons. The minimum Gasteiger partial charge on any atom is -0.454 e. The second-order valence-electron chi connectivity index (χ2n) is 4.29. The van der Waals surface area contributed by atoms with Crippen LogP contribution >= 0.6 is 11.8 Å². The van der Waals surface area contributed by atoms with Gasteiger partial charge in [-0.15, -0.1) is 11.8 Å². The normalized spacial score (nSPS) is 14.3. The van der Waals surface area contributed by atoms with Gasteiger partial charge < -0.3 is 15.2 Å². The van der Waals surface area contributed by atoms with Gasteiger partial charge >= 0.3 is 0 Å². The summed E-state index contributed by atoms with van der Waals surface area (Å²) in [6.45, 7) is 4.37. The van der Waals surface area contributed by atoms with E-state index in [4.69, 9.17) is 15.2 Å². The maximum absolute atomic E-state index is 5.92. The van der Waals surface area contributed by atoms with Gasteiger partial charge in [0, 0.05) is 16.2 Å². The zero-order valence-electron chi connectivity index (χ0n) is 8.95. The average molecular weight is 225 g/mol. The summed E-state index contributed by atoms with van der Waals surface area (Å²) >= 11 is 1.73. The first kappa shape index (κ1) is 10.6. The molecule has 4 heteroatoms. The van der Waals surface area contributed by atoms with Gasteiger partial charge in [0.2, 0.25) is 6.79 Å². The van der Waals surface area contributed by atoms with Crippen LogP contribution in [0.1, 0.15) is 13.8 Å². The third kappa shape index (κ3) is 2.79. The van der Waals surface area contributed by atoms with Crippen LogP contribution in [0.15, 0.2) is 23.1 Å². The van der Waals surface area contributed by atoms with Gasteiger partial charge in [-0.05, 0) is 32.0 Å². The average Bonchev–Trinajstić information content (AvgIpc) is 2.60. The van der Waals surface area contributed by atoms with Gasteiger partial charge in [0.15, 0.2) is 11.5 Å². The SMILES string of the molecule is CC(C)(N)CSc1ccc2c(c1)OCO2. The molecule has 1 heterocycles. The Morgan fingerprint density at radius 1 is 1.33 bits per heavy atom. The molecule has 0 unspecified atom stereocenters. The largest absolute Gasteiger partial charge is 0.454 e. The van der Waals surface area contributed by atoms with Crippen molar-refractivity contribution in [3.8, 4) is 11.5 Å². The third-order valence-electron chi connectivity index (χ3n) is 1.95. The van der Waals surface area contributed by atoms with Crippen LogP contribution in [0.4, 0.5) is 0 Å². The molecular formula is C11H15NO2S. The van der Waals surface area contributed by atoms with Crippen molar-refractivity contribution in [2.24, 2.45) is 5.73 Å². The minimum atomic E-state index is -0.152. The zero-order valence-corrected chi connectivity index (χ0v) is 9.76. The van der Waals surface area contributed by atoms with Crippen LogP contribution < -0.4 is 15.2 Å². The van der Waals surface area contributed by atoms with Crippen molar-refractivity contribution in [2.75, 3.05) is 12.5 Å². The Hall–Kier alpha value is -0.870. The molecule has 0 atom stereocenters. The Kier molecular flexibility index (Phi) is 2.80. The number of ether oxygens (including phenoxy) is 2. The number of hydrogen-bond acceptors (Lipinski definition) is 4. The van der Waals surface area contributed by atoms with Crippen molar-refractivity contribution in [1.29, 1.82) is 0 Å².